The molecule has 0 bridgehead atoms. The molecule has 0 atom stereocenters. The van der Waals surface area contributed by atoms with Crippen molar-refractivity contribution in [2.24, 2.45) is 0 Å². The molecule has 3 aromatic rings. The highest BCUT2D eigenvalue weighted by Gasteiger charge is 2.26. The molecule has 0 radical (unpaired) electrons. The fraction of sp³-hybridized carbons (Fsp3) is 0.280. The number of nitrogens with one attached hydrogen (secondary N) is 2. The van der Waals surface area contributed by atoms with Crippen LogP contribution < -0.4 is 15.4 Å². The van der Waals surface area contributed by atoms with Gasteiger partial charge in [0.05, 0.1) is 12.2 Å². The van der Waals surface area contributed by atoms with Crippen molar-refractivity contribution in [2.45, 2.75) is 39.0 Å². The first-order chi connectivity index (χ1) is 15.2. The van der Waals surface area contributed by atoms with E-state index in [1.807, 2.05) is 49.4 Å². The molecule has 1 heterocycles. The van der Waals surface area contributed by atoms with E-state index in [1.165, 1.54) is 16.2 Å². The molecule has 4 rings (SSSR count). The quantitative estimate of drug-likeness (QED) is 0.473. The van der Waals surface area contributed by atoms with Crippen molar-refractivity contribution in [3.05, 3.63) is 76.2 Å². The number of hydrogen-bond acceptors (Lipinski definition) is 4. The van der Waals surface area contributed by atoms with Gasteiger partial charge in [-0.3, -0.25) is 9.59 Å². The SMILES string of the molecule is CCOc1ccc(NC(=O)c2c(NC(=O)c3ccccc3)sc3c2CCCCC3)cc1. The molecule has 31 heavy (non-hydrogen) atoms. The molecular formula is C25H26N2O3S. The zero-order valence-corrected chi connectivity index (χ0v) is 18.4. The Hall–Kier alpha value is -3.12. The second-order valence-corrected chi connectivity index (χ2v) is 8.61. The van der Waals surface area contributed by atoms with Crippen LogP contribution in [-0.2, 0) is 12.8 Å². The lowest BCUT2D eigenvalue weighted by Crippen LogP contribution is -2.18. The molecular weight excluding hydrogens is 408 g/mol. The van der Waals surface area contributed by atoms with Crippen molar-refractivity contribution in [1.29, 1.82) is 0 Å². The molecule has 160 valence electrons. The lowest BCUT2D eigenvalue weighted by molar-refractivity contribution is 0.102. The van der Waals surface area contributed by atoms with Gasteiger partial charge in [0.2, 0.25) is 0 Å². The number of carbonyl (C=O) groups is 2. The number of ether oxygens (including phenoxy) is 1. The highest BCUT2D eigenvalue weighted by Crippen LogP contribution is 2.38. The predicted molar refractivity (Wildman–Crippen MR) is 126 cm³/mol. The van der Waals surface area contributed by atoms with Crippen LogP contribution in [0.4, 0.5) is 10.7 Å². The molecule has 0 saturated heterocycles. The molecule has 6 heteroatoms. The summed E-state index contributed by atoms with van der Waals surface area (Å²) in [6.07, 6.45) is 5.13. The molecule has 2 aromatic carbocycles. The van der Waals surface area contributed by atoms with Crippen LogP contribution in [0, 0.1) is 0 Å². The second-order valence-electron chi connectivity index (χ2n) is 7.50. The Balaban J connectivity index is 1.62. The van der Waals surface area contributed by atoms with Crippen LogP contribution in [0.5, 0.6) is 5.75 Å². The van der Waals surface area contributed by atoms with E-state index in [2.05, 4.69) is 10.6 Å². The van der Waals surface area contributed by atoms with Crippen LogP contribution in [-0.4, -0.2) is 18.4 Å². The van der Waals surface area contributed by atoms with E-state index in [4.69, 9.17) is 4.74 Å². The van der Waals surface area contributed by atoms with Crippen LogP contribution in [0.2, 0.25) is 0 Å². The summed E-state index contributed by atoms with van der Waals surface area (Å²) >= 11 is 1.53. The van der Waals surface area contributed by atoms with Crippen molar-refractivity contribution in [1.82, 2.24) is 0 Å². The van der Waals surface area contributed by atoms with Gasteiger partial charge in [0.1, 0.15) is 10.8 Å². The van der Waals surface area contributed by atoms with E-state index in [0.29, 0.717) is 28.4 Å². The Kier molecular flexibility index (Phi) is 6.67. The molecule has 0 spiro atoms. The van der Waals surface area contributed by atoms with Gasteiger partial charge in [0.15, 0.2) is 0 Å². The zero-order valence-electron chi connectivity index (χ0n) is 17.6. The van der Waals surface area contributed by atoms with Crippen molar-refractivity contribution < 1.29 is 14.3 Å². The van der Waals surface area contributed by atoms with E-state index in [-0.39, 0.29) is 11.8 Å². The van der Waals surface area contributed by atoms with Crippen molar-refractivity contribution >= 4 is 33.8 Å². The summed E-state index contributed by atoms with van der Waals surface area (Å²) in [6.45, 7) is 2.53. The highest BCUT2D eigenvalue weighted by molar-refractivity contribution is 7.17. The van der Waals surface area contributed by atoms with Gasteiger partial charge in [-0.05, 0) is 74.6 Å². The topological polar surface area (TPSA) is 67.4 Å². The van der Waals surface area contributed by atoms with Crippen molar-refractivity contribution in [2.75, 3.05) is 17.2 Å². The number of anilines is 2. The Bertz CT molecular complexity index is 1060. The molecule has 0 saturated carbocycles. The molecule has 0 unspecified atom stereocenters. The average Bonchev–Trinajstić information content (AvgIpc) is 2.96. The molecule has 1 aromatic heterocycles. The van der Waals surface area contributed by atoms with Gasteiger partial charge in [0, 0.05) is 16.1 Å². The molecule has 2 N–H and O–H groups in total. The van der Waals surface area contributed by atoms with Crippen LogP contribution in [0.1, 0.15) is 57.3 Å². The van der Waals surface area contributed by atoms with Gasteiger partial charge in [0.25, 0.3) is 11.8 Å². The summed E-state index contributed by atoms with van der Waals surface area (Å²) in [5, 5.41) is 6.62. The number of rotatable bonds is 6. The van der Waals surface area contributed by atoms with Gasteiger partial charge >= 0.3 is 0 Å². The monoisotopic (exact) mass is 434 g/mol. The minimum absolute atomic E-state index is 0.188. The largest absolute Gasteiger partial charge is 0.494 e. The van der Waals surface area contributed by atoms with Gasteiger partial charge < -0.3 is 15.4 Å². The second kappa shape index (κ2) is 9.79. The molecule has 2 amide bonds. The van der Waals surface area contributed by atoms with Gasteiger partial charge in [-0.15, -0.1) is 11.3 Å². The highest BCUT2D eigenvalue weighted by atomic mass is 32.1. The Morgan fingerprint density at radius 1 is 0.903 bits per heavy atom. The summed E-state index contributed by atoms with van der Waals surface area (Å²) < 4.78 is 5.47. The Labute approximate surface area is 186 Å². The third-order valence-corrected chi connectivity index (χ3v) is 6.54. The minimum Gasteiger partial charge on any atom is -0.494 e. The summed E-state index contributed by atoms with van der Waals surface area (Å²) in [5.41, 5.74) is 2.95. The fourth-order valence-electron chi connectivity index (χ4n) is 3.83. The first kappa shape index (κ1) is 21.1. The smallest absolute Gasteiger partial charge is 0.258 e. The maximum absolute atomic E-state index is 13.3. The Morgan fingerprint density at radius 3 is 2.39 bits per heavy atom. The normalized spacial score (nSPS) is 13.1. The molecule has 1 aliphatic rings. The van der Waals surface area contributed by atoms with E-state index in [0.717, 1.165) is 43.4 Å². The molecule has 5 nitrogen and oxygen atoms in total. The van der Waals surface area contributed by atoms with E-state index in [1.54, 1.807) is 12.1 Å². The van der Waals surface area contributed by atoms with Crippen LogP contribution in [0.15, 0.2) is 54.6 Å². The lowest BCUT2D eigenvalue weighted by Gasteiger charge is -2.11. The number of hydrogen-bond donors (Lipinski definition) is 2. The number of thiophene rings is 1. The first-order valence-corrected chi connectivity index (χ1v) is 11.5. The number of aryl methyl sites for hydroxylation is 1. The number of benzene rings is 2. The average molecular weight is 435 g/mol. The maximum Gasteiger partial charge on any atom is 0.258 e. The summed E-state index contributed by atoms with van der Waals surface area (Å²) in [7, 11) is 0. The summed E-state index contributed by atoms with van der Waals surface area (Å²) in [4.78, 5) is 27.3. The third-order valence-electron chi connectivity index (χ3n) is 5.33. The minimum atomic E-state index is -0.202. The van der Waals surface area contributed by atoms with Crippen LogP contribution >= 0.6 is 11.3 Å². The van der Waals surface area contributed by atoms with Gasteiger partial charge in [-0.2, -0.15) is 0 Å². The third kappa shape index (κ3) is 4.97. The van der Waals surface area contributed by atoms with E-state index in [9.17, 15) is 9.59 Å². The van der Waals surface area contributed by atoms with Gasteiger partial charge in [-0.1, -0.05) is 24.6 Å². The Morgan fingerprint density at radius 2 is 1.65 bits per heavy atom. The van der Waals surface area contributed by atoms with E-state index >= 15 is 0 Å². The van der Waals surface area contributed by atoms with Crippen LogP contribution in [0.25, 0.3) is 0 Å². The fourth-order valence-corrected chi connectivity index (χ4v) is 5.11. The molecule has 0 aliphatic heterocycles. The van der Waals surface area contributed by atoms with Crippen molar-refractivity contribution in [3.63, 3.8) is 0 Å². The number of fused-ring (bicyclic) bond motifs is 1. The molecule has 0 fully saturated rings. The number of carbonyl (C=O) groups excluding carboxylic acids is 2. The zero-order chi connectivity index (χ0) is 21.6. The standard InChI is InChI=1S/C25H26N2O3S/c1-2-30-19-15-13-18(14-16-19)26-24(29)22-20-11-7-4-8-12-21(20)31-25(22)27-23(28)17-9-5-3-6-10-17/h3,5-6,9-10,13-16H,2,4,7-8,11-12H2,1H3,(H,26,29)(H,27,28). The van der Waals surface area contributed by atoms with E-state index < -0.39 is 0 Å². The van der Waals surface area contributed by atoms with Gasteiger partial charge in [-0.25, -0.2) is 0 Å². The van der Waals surface area contributed by atoms with Crippen molar-refractivity contribution in [3.8, 4) is 5.75 Å². The lowest BCUT2D eigenvalue weighted by atomic mass is 10.0. The predicted octanol–water partition coefficient (Wildman–Crippen LogP) is 5.92. The first-order valence-electron chi connectivity index (χ1n) is 10.7. The number of amides is 2. The molecule has 1 aliphatic carbocycles. The van der Waals surface area contributed by atoms with Crippen LogP contribution in [0.3, 0.4) is 0 Å². The summed E-state index contributed by atoms with van der Waals surface area (Å²) in [5.74, 6) is 0.375. The maximum atomic E-state index is 13.3. The summed E-state index contributed by atoms with van der Waals surface area (Å²) in [6, 6.07) is 16.4.